The molecule has 0 aromatic carbocycles. The molecule has 23 heavy (non-hydrogen) atoms. The third-order valence-corrected chi connectivity index (χ3v) is 5.23. The van der Waals surface area contributed by atoms with Crippen LogP contribution in [0.15, 0.2) is 35.5 Å². The summed E-state index contributed by atoms with van der Waals surface area (Å²) in [6, 6.07) is 0. The van der Waals surface area contributed by atoms with Gasteiger partial charge in [0.15, 0.2) is 5.78 Å². The van der Waals surface area contributed by atoms with Gasteiger partial charge in [-0.2, -0.15) is 0 Å². The first-order valence-electron chi connectivity index (χ1n) is 9.53. The van der Waals surface area contributed by atoms with Gasteiger partial charge >= 0.3 is 0 Å². The fourth-order valence-corrected chi connectivity index (χ4v) is 3.78. The minimum absolute atomic E-state index is 0.0625. The van der Waals surface area contributed by atoms with Crippen molar-refractivity contribution in [3.8, 4) is 0 Å². The van der Waals surface area contributed by atoms with Crippen LogP contribution >= 0.6 is 0 Å². The van der Waals surface area contributed by atoms with Gasteiger partial charge in [0.25, 0.3) is 0 Å². The molecule has 0 radical (unpaired) electrons. The van der Waals surface area contributed by atoms with Crippen molar-refractivity contribution in [1.82, 2.24) is 0 Å². The monoisotopic (exact) mass is 314 g/mol. The highest BCUT2D eigenvalue weighted by Crippen LogP contribution is 2.45. The molecule has 0 fully saturated rings. The first-order chi connectivity index (χ1) is 10.9. The largest absolute Gasteiger partial charge is 0.289 e. The first kappa shape index (κ1) is 18.2. The minimum atomic E-state index is -0.0625. The molecule has 2 aliphatic carbocycles. The molecule has 128 valence electrons. The molecular weight excluding hydrogens is 280 g/mol. The Kier molecular flexibility index (Phi) is 6.06. The number of rotatable bonds is 6. The number of carbonyl (C=O) groups is 1. The second-order valence-electron chi connectivity index (χ2n) is 8.42. The molecule has 0 saturated heterocycles. The molecule has 0 aromatic heterocycles. The Hall–Kier alpha value is -1.11. The van der Waals surface area contributed by atoms with Crippen LogP contribution in [0, 0.1) is 10.8 Å². The highest BCUT2D eigenvalue weighted by Gasteiger charge is 2.37. The Bertz CT molecular complexity index is 513. The molecule has 2 rings (SSSR count). The maximum Gasteiger partial charge on any atom is 0.184 e. The molecule has 0 saturated carbocycles. The van der Waals surface area contributed by atoms with Gasteiger partial charge in [0.05, 0.1) is 0 Å². The minimum Gasteiger partial charge on any atom is -0.289 e. The molecule has 0 aromatic rings. The summed E-state index contributed by atoms with van der Waals surface area (Å²) in [5.41, 5.74) is 2.17. The van der Waals surface area contributed by atoms with Crippen LogP contribution in [-0.2, 0) is 4.79 Å². The van der Waals surface area contributed by atoms with E-state index in [2.05, 4.69) is 52.0 Å². The van der Waals surface area contributed by atoms with E-state index in [9.17, 15) is 4.79 Å². The van der Waals surface area contributed by atoms with Gasteiger partial charge in [0, 0.05) is 11.0 Å². The lowest BCUT2D eigenvalue weighted by Crippen LogP contribution is -2.30. The Balaban J connectivity index is 2.16. The van der Waals surface area contributed by atoms with E-state index in [1.54, 1.807) is 0 Å². The number of ketones is 1. The van der Waals surface area contributed by atoms with Crippen molar-refractivity contribution < 1.29 is 4.79 Å². The van der Waals surface area contributed by atoms with Crippen LogP contribution in [0.3, 0.4) is 0 Å². The Morgan fingerprint density at radius 3 is 2.39 bits per heavy atom. The fourth-order valence-electron chi connectivity index (χ4n) is 3.78. The van der Waals surface area contributed by atoms with E-state index in [4.69, 9.17) is 0 Å². The van der Waals surface area contributed by atoms with E-state index in [0.717, 1.165) is 43.3 Å². The predicted octanol–water partition coefficient (Wildman–Crippen LogP) is 6.56. The lowest BCUT2D eigenvalue weighted by atomic mass is 9.66. The molecule has 1 spiro atoms. The topological polar surface area (TPSA) is 17.1 Å². The average Bonchev–Trinajstić information content (AvgIpc) is 2.50. The second-order valence-corrected chi connectivity index (χ2v) is 8.42. The molecule has 1 nitrogen and oxygen atoms in total. The van der Waals surface area contributed by atoms with Crippen LogP contribution in [0.5, 0.6) is 0 Å². The summed E-state index contributed by atoms with van der Waals surface area (Å²) >= 11 is 0. The number of hydrogen-bond acceptors (Lipinski definition) is 1. The highest BCUT2D eigenvalue weighted by molar-refractivity contribution is 6.10. The SMILES string of the molecule is CCCCCCCC1=CC2(C=C(C(C)(C)C)C1=O)CC=CCC2. The zero-order valence-electron chi connectivity index (χ0n) is 15.6. The summed E-state index contributed by atoms with van der Waals surface area (Å²) in [7, 11) is 0. The van der Waals surface area contributed by atoms with Gasteiger partial charge in [0.2, 0.25) is 0 Å². The summed E-state index contributed by atoms with van der Waals surface area (Å²) in [5, 5.41) is 0. The molecule has 0 bridgehead atoms. The maximum atomic E-state index is 13.0. The van der Waals surface area contributed by atoms with Gasteiger partial charge in [-0.05, 0) is 43.1 Å². The molecule has 0 N–H and O–H groups in total. The van der Waals surface area contributed by atoms with Gasteiger partial charge < -0.3 is 0 Å². The molecular formula is C22H34O. The van der Waals surface area contributed by atoms with Crippen molar-refractivity contribution in [2.75, 3.05) is 0 Å². The predicted molar refractivity (Wildman–Crippen MR) is 99.4 cm³/mol. The Morgan fingerprint density at radius 1 is 1.04 bits per heavy atom. The quantitative estimate of drug-likeness (QED) is 0.401. The van der Waals surface area contributed by atoms with Crippen LogP contribution in [0.25, 0.3) is 0 Å². The van der Waals surface area contributed by atoms with E-state index in [-0.39, 0.29) is 10.8 Å². The number of carbonyl (C=O) groups excluding carboxylic acids is 1. The highest BCUT2D eigenvalue weighted by atomic mass is 16.1. The van der Waals surface area contributed by atoms with E-state index in [1.165, 1.54) is 25.7 Å². The fraction of sp³-hybridized carbons (Fsp3) is 0.682. The van der Waals surface area contributed by atoms with Crippen LogP contribution < -0.4 is 0 Å². The first-order valence-corrected chi connectivity index (χ1v) is 9.53. The van der Waals surface area contributed by atoms with Crippen LogP contribution in [0.4, 0.5) is 0 Å². The maximum absolute atomic E-state index is 13.0. The summed E-state index contributed by atoms with van der Waals surface area (Å²) < 4.78 is 0. The normalized spacial score (nSPS) is 24.8. The van der Waals surface area contributed by atoms with E-state index >= 15 is 0 Å². The Labute approximate surface area is 142 Å². The van der Waals surface area contributed by atoms with E-state index < -0.39 is 0 Å². The van der Waals surface area contributed by atoms with Crippen LogP contribution in [0.2, 0.25) is 0 Å². The third kappa shape index (κ3) is 4.68. The lowest BCUT2D eigenvalue weighted by molar-refractivity contribution is -0.113. The van der Waals surface area contributed by atoms with Crippen molar-refractivity contribution in [2.45, 2.75) is 85.5 Å². The summed E-state index contributed by atoms with van der Waals surface area (Å²) in [6.45, 7) is 8.77. The standard InChI is InChI=1S/C22H34O/c1-5-6-7-8-10-13-18-16-22(14-11-9-12-15-22)17-19(20(18)23)21(2,3)4/h9,11,16-17H,5-8,10,12-15H2,1-4H3. The Morgan fingerprint density at radius 2 is 1.78 bits per heavy atom. The smallest absolute Gasteiger partial charge is 0.184 e. The van der Waals surface area contributed by atoms with Crippen LogP contribution in [0.1, 0.15) is 85.5 Å². The van der Waals surface area contributed by atoms with Gasteiger partial charge in [-0.1, -0.05) is 77.7 Å². The molecule has 1 heteroatoms. The number of unbranched alkanes of at least 4 members (excludes halogenated alkanes) is 4. The van der Waals surface area contributed by atoms with E-state index in [1.807, 2.05) is 0 Å². The number of allylic oxidation sites excluding steroid dienone is 6. The number of hydrogen-bond donors (Lipinski definition) is 0. The van der Waals surface area contributed by atoms with Gasteiger partial charge in [-0.25, -0.2) is 0 Å². The number of Topliss-reactive ketones (excluding diaryl/α,β-unsaturated/α-hetero) is 1. The summed E-state index contributed by atoms with van der Waals surface area (Å²) in [5.74, 6) is 0.313. The van der Waals surface area contributed by atoms with Crippen molar-refractivity contribution in [3.63, 3.8) is 0 Å². The molecule has 0 amide bonds. The zero-order chi connectivity index (χ0) is 16.9. The third-order valence-electron chi connectivity index (χ3n) is 5.23. The van der Waals surface area contributed by atoms with Crippen molar-refractivity contribution in [2.24, 2.45) is 10.8 Å². The molecule has 0 heterocycles. The van der Waals surface area contributed by atoms with Crippen molar-refractivity contribution >= 4 is 5.78 Å². The van der Waals surface area contributed by atoms with Gasteiger partial charge in [0.1, 0.15) is 0 Å². The lowest BCUT2D eigenvalue weighted by Gasteiger charge is -2.37. The molecule has 0 aliphatic heterocycles. The zero-order valence-corrected chi connectivity index (χ0v) is 15.6. The molecule has 1 atom stereocenters. The second kappa shape index (κ2) is 7.64. The van der Waals surface area contributed by atoms with E-state index in [0.29, 0.717) is 5.78 Å². The summed E-state index contributed by atoms with van der Waals surface area (Å²) in [4.78, 5) is 13.0. The van der Waals surface area contributed by atoms with Gasteiger partial charge in [-0.15, -0.1) is 0 Å². The summed E-state index contributed by atoms with van der Waals surface area (Å²) in [6.07, 6.45) is 19.8. The van der Waals surface area contributed by atoms with Crippen LogP contribution in [-0.4, -0.2) is 5.78 Å². The average molecular weight is 315 g/mol. The molecule has 1 unspecified atom stereocenters. The van der Waals surface area contributed by atoms with Crippen molar-refractivity contribution in [3.05, 3.63) is 35.5 Å². The molecule has 2 aliphatic rings. The van der Waals surface area contributed by atoms with Crippen molar-refractivity contribution in [1.29, 1.82) is 0 Å². The van der Waals surface area contributed by atoms with Gasteiger partial charge in [-0.3, -0.25) is 4.79 Å².